The summed E-state index contributed by atoms with van der Waals surface area (Å²) in [6, 6.07) is 3.97. The predicted molar refractivity (Wildman–Crippen MR) is 77.4 cm³/mol. The SMILES string of the molecule is Cc1ccc(C(=O)O)cc1S(=O)(=O)N(C)C(C)C(C)C. The number of hydrogen-bond donors (Lipinski definition) is 1. The van der Waals surface area contributed by atoms with Gasteiger partial charge in [0.15, 0.2) is 0 Å². The van der Waals surface area contributed by atoms with Gasteiger partial charge in [-0.2, -0.15) is 4.31 Å². The topological polar surface area (TPSA) is 74.7 Å². The van der Waals surface area contributed by atoms with Gasteiger partial charge in [-0.1, -0.05) is 19.9 Å². The van der Waals surface area contributed by atoms with Gasteiger partial charge in [-0.3, -0.25) is 0 Å². The number of aryl methyl sites for hydroxylation is 1. The lowest BCUT2D eigenvalue weighted by Crippen LogP contribution is -2.38. The van der Waals surface area contributed by atoms with Crippen LogP contribution < -0.4 is 0 Å². The first-order valence-electron chi connectivity index (χ1n) is 6.41. The maximum Gasteiger partial charge on any atom is 0.335 e. The van der Waals surface area contributed by atoms with Crippen LogP contribution in [0.3, 0.4) is 0 Å². The molecule has 1 N–H and O–H groups in total. The average molecular weight is 299 g/mol. The highest BCUT2D eigenvalue weighted by Crippen LogP contribution is 2.24. The third-order valence-electron chi connectivity index (χ3n) is 3.63. The standard InChI is InChI=1S/C14H21NO4S/c1-9(2)11(4)15(5)20(18,19)13-8-12(14(16)17)7-6-10(13)3/h6-9,11H,1-5H3,(H,16,17). The number of carboxylic acids is 1. The fourth-order valence-corrected chi connectivity index (χ4v) is 3.55. The minimum absolute atomic E-state index is 0.0280. The van der Waals surface area contributed by atoms with Crippen LogP contribution in [0.15, 0.2) is 23.1 Å². The molecule has 0 heterocycles. The monoisotopic (exact) mass is 299 g/mol. The van der Waals surface area contributed by atoms with Crippen LogP contribution in [-0.2, 0) is 10.0 Å². The number of benzene rings is 1. The Morgan fingerprint density at radius 3 is 2.25 bits per heavy atom. The Balaban J connectivity index is 3.35. The van der Waals surface area contributed by atoms with Gasteiger partial charge in [0.2, 0.25) is 10.0 Å². The first-order chi connectivity index (χ1) is 9.09. The maximum absolute atomic E-state index is 12.6. The van der Waals surface area contributed by atoms with E-state index in [1.165, 1.54) is 29.6 Å². The molecule has 0 fully saturated rings. The van der Waals surface area contributed by atoms with Crippen LogP contribution in [0.5, 0.6) is 0 Å². The lowest BCUT2D eigenvalue weighted by molar-refractivity contribution is 0.0696. The molecule has 6 heteroatoms. The molecule has 0 amide bonds. The van der Waals surface area contributed by atoms with Gasteiger partial charge < -0.3 is 5.11 Å². The molecule has 1 aromatic rings. The number of rotatable bonds is 5. The van der Waals surface area contributed by atoms with Gasteiger partial charge >= 0.3 is 5.97 Å². The van der Waals surface area contributed by atoms with E-state index in [0.29, 0.717) is 5.56 Å². The van der Waals surface area contributed by atoms with Crippen molar-refractivity contribution in [2.24, 2.45) is 5.92 Å². The summed E-state index contributed by atoms with van der Waals surface area (Å²) in [6.07, 6.45) is 0. The average Bonchev–Trinajstić information content (AvgIpc) is 2.36. The number of carbonyl (C=O) groups is 1. The second-order valence-electron chi connectivity index (χ2n) is 5.29. The molecule has 0 spiro atoms. The van der Waals surface area contributed by atoms with E-state index in [4.69, 9.17) is 5.11 Å². The summed E-state index contributed by atoms with van der Waals surface area (Å²) in [5, 5.41) is 8.99. The Labute approximate surface area is 120 Å². The van der Waals surface area contributed by atoms with Crippen LogP contribution in [0.4, 0.5) is 0 Å². The predicted octanol–water partition coefficient (Wildman–Crippen LogP) is 2.36. The summed E-state index contributed by atoms with van der Waals surface area (Å²) in [7, 11) is -2.18. The molecular formula is C14H21NO4S. The van der Waals surface area contributed by atoms with Crippen LogP contribution in [0.2, 0.25) is 0 Å². The van der Waals surface area contributed by atoms with Gasteiger partial charge in [0.25, 0.3) is 0 Å². The van der Waals surface area contributed by atoms with Gasteiger partial charge in [-0.25, -0.2) is 13.2 Å². The van der Waals surface area contributed by atoms with Gasteiger partial charge in [-0.15, -0.1) is 0 Å². The van der Waals surface area contributed by atoms with Crippen molar-refractivity contribution >= 4 is 16.0 Å². The molecule has 0 saturated heterocycles. The minimum Gasteiger partial charge on any atom is -0.478 e. The fourth-order valence-electron chi connectivity index (χ4n) is 1.80. The van der Waals surface area contributed by atoms with Crippen molar-refractivity contribution in [2.45, 2.75) is 38.6 Å². The lowest BCUT2D eigenvalue weighted by Gasteiger charge is -2.27. The molecule has 0 aromatic heterocycles. The molecule has 5 nitrogen and oxygen atoms in total. The molecular weight excluding hydrogens is 278 g/mol. The van der Waals surface area contributed by atoms with E-state index in [-0.39, 0.29) is 22.4 Å². The summed E-state index contributed by atoms with van der Waals surface area (Å²) in [5.74, 6) is -0.973. The second kappa shape index (κ2) is 5.93. The number of nitrogens with zero attached hydrogens (tertiary/aromatic N) is 1. The van der Waals surface area contributed by atoms with Crippen LogP contribution in [0.1, 0.15) is 36.7 Å². The fraction of sp³-hybridized carbons (Fsp3) is 0.500. The molecule has 20 heavy (non-hydrogen) atoms. The van der Waals surface area contributed by atoms with Gasteiger partial charge in [0, 0.05) is 13.1 Å². The quantitative estimate of drug-likeness (QED) is 0.905. The van der Waals surface area contributed by atoms with Crippen LogP contribution in [-0.4, -0.2) is 36.9 Å². The Morgan fingerprint density at radius 2 is 1.80 bits per heavy atom. The van der Waals surface area contributed by atoms with Crippen molar-refractivity contribution in [1.29, 1.82) is 0 Å². The first-order valence-corrected chi connectivity index (χ1v) is 7.85. The summed E-state index contributed by atoms with van der Waals surface area (Å²) in [5.41, 5.74) is 0.512. The third kappa shape index (κ3) is 3.19. The smallest absolute Gasteiger partial charge is 0.335 e. The number of aromatic carboxylic acids is 1. The van der Waals surface area contributed by atoms with Crippen LogP contribution >= 0.6 is 0 Å². The summed E-state index contributed by atoms with van der Waals surface area (Å²) < 4.78 is 26.5. The zero-order chi connectivity index (χ0) is 15.7. The summed E-state index contributed by atoms with van der Waals surface area (Å²) in [6.45, 7) is 7.37. The van der Waals surface area contributed by atoms with E-state index < -0.39 is 16.0 Å². The molecule has 0 aliphatic rings. The van der Waals surface area contributed by atoms with Crippen molar-refractivity contribution < 1.29 is 18.3 Å². The Kier molecular flexibility index (Phi) is 4.94. The van der Waals surface area contributed by atoms with E-state index in [0.717, 1.165) is 0 Å². The Bertz CT molecular complexity index is 608. The number of sulfonamides is 1. The molecule has 0 aliphatic heterocycles. The van der Waals surface area contributed by atoms with E-state index >= 15 is 0 Å². The number of hydrogen-bond acceptors (Lipinski definition) is 3. The van der Waals surface area contributed by atoms with Gasteiger partial charge in [-0.05, 0) is 37.5 Å². The van der Waals surface area contributed by atoms with Crippen molar-refractivity contribution in [3.8, 4) is 0 Å². The van der Waals surface area contributed by atoms with Gasteiger partial charge in [0.05, 0.1) is 10.5 Å². The molecule has 0 aliphatic carbocycles. The van der Waals surface area contributed by atoms with Crippen LogP contribution in [0, 0.1) is 12.8 Å². The molecule has 0 radical (unpaired) electrons. The van der Waals surface area contributed by atoms with Crippen LogP contribution in [0.25, 0.3) is 0 Å². The summed E-state index contributed by atoms with van der Waals surface area (Å²) in [4.78, 5) is 11.0. The lowest BCUT2D eigenvalue weighted by atomic mass is 10.1. The zero-order valence-corrected chi connectivity index (χ0v) is 13.2. The summed E-state index contributed by atoms with van der Waals surface area (Å²) >= 11 is 0. The highest BCUT2D eigenvalue weighted by atomic mass is 32.2. The highest BCUT2D eigenvalue weighted by Gasteiger charge is 2.28. The van der Waals surface area contributed by atoms with E-state index in [9.17, 15) is 13.2 Å². The van der Waals surface area contributed by atoms with E-state index in [1.54, 1.807) is 6.92 Å². The van der Waals surface area contributed by atoms with Crippen molar-refractivity contribution in [3.05, 3.63) is 29.3 Å². The second-order valence-corrected chi connectivity index (χ2v) is 7.26. The minimum atomic E-state index is -3.70. The third-order valence-corrected chi connectivity index (χ3v) is 5.72. The molecule has 1 rings (SSSR count). The van der Waals surface area contributed by atoms with Crippen molar-refractivity contribution in [3.63, 3.8) is 0 Å². The molecule has 1 aromatic carbocycles. The number of carboxylic acid groups (broad SMARTS) is 1. The largest absolute Gasteiger partial charge is 0.478 e. The first kappa shape index (κ1) is 16.7. The molecule has 1 unspecified atom stereocenters. The Morgan fingerprint density at radius 1 is 1.25 bits per heavy atom. The van der Waals surface area contributed by atoms with Gasteiger partial charge in [0.1, 0.15) is 0 Å². The molecule has 0 saturated carbocycles. The molecule has 112 valence electrons. The maximum atomic E-state index is 12.6. The van der Waals surface area contributed by atoms with E-state index in [1.807, 2.05) is 20.8 Å². The van der Waals surface area contributed by atoms with E-state index in [2.05, 4.69) is 0 Å². The molecule has 1 atom stereocenters. The van der Waals surface area contributed by atoms with Crippen molar-refractivity contribution in [2.75, 3.05) is 7.05 Å². The molecule has 0 bridgehead atoms. The normalized spacial score (nSPS) is 13.8. The van der Waals surface area contributed by atoms with Crippen molar-refractivity contribution in [1.82, 2.24) is 4.31 Å². The zero-order valence-electron chi connectivity index (χ0n) is 12.4. The highest BCUT2D eigenvalue weighted by molar-refractivity contribution is 7.89. The Hall–Kier alpha value is -1.40.